The molecule has 1 aliphatic rings. The fourth-order valence-corrected chi connectivity index (χ4v) is 1.50. The number of benzene rings is 1. The second kappa shape index (κ2) is 4.14. The molecule has 1 heterocycles. The van der Waals surface area contributed by atoms with E-state index in [2.05, 4.69) is 4.74 Å². The van der Waals surface area contributed by atoms with Crippen molar-refractivity contribution < 1.29 is 14.3 Å². The zero-order valence-corrected chi connectivity index (χ0v) is 8.77. The average Bonchev–Trinajstić information content (AvgIpc) is 2.59. The first-order valence-electron chi connectivity index (χ1n) is 4.88. The summed E-state index contributed by atoms with van der Waals surface area (Å²) in [4.78, 5) is 22.1. The van der Waals surface area contributed by atoms with Crippen molar-refractivity contribution in [2.75, 3.05) is 0 Å². The van der Waals surface area contributed by atoms with Crippen LogP contribution in [0, 0.1) is 0 Å². The maximum Gasteiger partial charge on any atom is 0.346 e. The number of hydrogen-bond acceptors (Lipinski definition) is 3. The van der Waals surface area contributed by atoms with Gasteiger partial charge in [0.05, 0.1) is 5.57 Å². The number of hydrogen-bond donors (Lipinski definition) is 0. The maximum absolute atomic E-state index is 11.3. The first kappa shape index (κ1) is 10.4. The molecular formula is C13H10O3. The molecule has 0 atom stereocenters. The fraction of sp³-hybridized carbons (Fsp3) is 0.0769. The Morgan fingerprint density at radius 3 is 2.44 bits per heavy atom. The molecule has 0 aliphatic carbocycles. The molecule has 0 bridgehead atoms. The van der Waals surface area contributed by atoms with E-state index in [1.807, 2.05) is 36.4 Å². The number of cyclic esters (lactones) is 2. The largest absolute Gasteiger partial charge is 0.386 e. The van der Waals surface area contributed by atoms with Gasteiger partial charge in [0.25, 0.3) is 0 Å². The third-order valence-corrected chi connectivity index (χ3v) is 2.28. The highest BCUT2D eigenvalue weighted by Gasteiger charge is 2.24. The van der Waals surface area contributed by atoms with Crippen molar-refractivity contribution in [3.8, 4) is 0 Å². The summed E-state index contributed by atoms with van der Waals surface area (Å²) in [6.07, 6.45) is 3.06. The Hall–Kier alpha value is -2.16. The summed E-state index contributed by atoms with van der Waals surface area (Å²) in [6.45, 7) is 1.78. The smallest absolute Gasteiger partial charge is 0.346 e. The highest BCUT2D eigenvalue weighted by molar-refractivity contribution is 6.12. The lowest BCUT2D eigenvalue weighted by atomic mass is 10.1. The highest BCUT2D eigenvalue weighted by atomic mass is 16.6. The molecule has 0 amide bonds. The van der Waals surface area contributed by atoms with Gasteiger partial charge in [-0.1, -0.05) is 36.4 Å². The number of rotatable bonds is 2. The highest BCUT2D eigenvalue weighted by Crippen LogP contribution is 2.19. The van der Waals surface area contributed by atoms with Gasteiger partial charge < -0.3 is 4.74 Å². The molecule has 80 valence electrons. The summed E-state index contributed by atoms with van der Waals surface area (Å²) < 4.78 is 4.42. The molecule has 0 spiro atoms. The Labute approximate surface area is 93.0 Å². The third kappa shape index (κ3) is 2.08. The van der Waals surface area contributed by atoms with Crippen molar-refractivity contribution in [3.05, 3.63) is 53.1 Å². The number of carbonyl (C=O) groups is 2. The number of carbonyl (C=O) groups excluding carboxylic acids is 2. The Morgan fingerprint density at radius 2 is 1.88 bits per heavy atom. The predicted octanol–water partition coefficient (Wildman–Crippen LogP) is 2.10. The van der Waals surface area contributed by atoms with Gasteiger partial charge in [-0.05, 0) is 18.1 Å². The van der Waals surface area contributed by atoms with Gasteiger partial charge in [-0.2, -0.15) is 0 Å². The van der Waals surface area contributed by atoms with Gasteiger partial charge in [0.1, 0.15) is 0 Å². The van der Waals surface area contributed by atoms with Crippen LogP contribution in [0.15, 0.2) is 47.6 Å². The standard InChI is InChI=1S/C13H10O3/c1-9(7-10-5-3-2-4-6-10)11-8-12(14)16-13(11)15/h2-8H,1H3/b9-7-. The molecule has 0 unspecified atom stereocenters. The lowest BCUT2D eigenvalue weighted by Gasteiger charge is -1.99. The summed E-state index contributed by atoms with van der Waals surface area (Å²) in [5, 5.41) is 0. The first-order valence-corrected chi connectivity index (χ1v) is 4.88. The van der Waals surface area contributed by atoms with E-state index in [9.17, 15) is 9.59 Å². The van der Waals surface area contributed by atoms with Crippen LogP contribution in [0.1, 0.15) is 12.5 Å². The molecule has 3 heteroatoms. The van der Waals surface area contributed by atoms with E-state index in [1.54, 1.807) is 6.92 Å². The van der Waals surface area contributed by atoms with Gasteiger partial charge in [0.15, 0.2) is 0 Å². The van der Waals surface area contributed by atoms with Crippen molar-refractivity contribution in [3.63, 3.8) is 0 Å². The summed E-state index contributed by atoms with van der Waals surface area (Å²) >= 11 is 0. The van der Waals surface area contributed by atoms with Crippen molar-refractivity contribution >= 4 is 18.0 Å². The fourth-order valence-electron chi connectivity index (χ4n) is 1.50. The molecule has 0 saturated heterocycles. The molecule has 0 aromatic heterocycles. The molecule has 0 saturated carbocycles. The van der Waals surface area contributed by atoms with Crippen LogP contribution in [0.2, 0.25) is 0 Å². The zero-order chi connectivity index (χ0) is 11.5. The zero-order valence-electron chi connectivity index (χ0n) is 8.77. The van der Waals surface area contributed by atoms with E-state index < -0.39 is 11.9 Å². The van der Waals surface area contributed by atoms with Crippen LogP contribution >= 0.6 is 0 Å². The third-order valence-electron chi connectivity index (χ3n) is 2.28. The lowest BCUT2D eigenvalue weighted by molar-refractivity contribution is -0.150. The molecule has 16 heavy (non-hydrogen) atoms. The number of esters is 2. The Bertz CT molecular complexity index is 495. The lowest BCUT2D eigenvalue weighted by Crippen LogP contribution is -2.02. The average molecular weight is 214 g/mol. The summed E-state index contributed by atoms with van der Waals surface area (Å²) in [5.74, 6) is -1.17. The van der Waals surface area contributed by atoms with E-state index >= 15 is 0 Å². The van der Waals surface area contributed by atoms with E-state index in [-0.39, 0.29) is 0 Å². The van der Waals surface area contributed by atoms with Gasteiger partial charge in [-0.25, -0.2) is 9.59 Å². The maximum atomic E-state index is 11.3. The van der Waals surface area contributed by atoms with Crippen LogP contribution < -0.4 is 0 Å². The van der Waals surface area contributed by atoms with Crippen molar-refractivity contribution in [1.82, 2.24) is 0 Å². The SMILES string of the molecule is C/C(=C/c1ccccc1)C1=CC(=O)OC1=O. The Balaban J connectivity index is 2.29. The summed E-state index contributed by atoms with van der Waals surface area (Å²) in [6, 6.07) is 9.58. The second-order valence-electron chi connectivity index (χ2n) is 3.50. The van der Waals surface area contributed by atoms with Crippen molar-refractivity contribution in [2.45, 2.75) is 6.92 Å². The van der Waals surface area contributed by atoms with Gasteiger partial charge in [0.2, 0.25) is 0 Å². The molecule has 2 rings (SSSR count). The van der Waals surface area contributed by atoms with Crippen LogP contribution in [0.3, 0.4) is 0 Å². The van der Waals surface area contributed by atoms with Crippen LogP contribution in [-0.2, 0) is 14.3 Å². The van der Waals surface area contributed by atoms with Gasteiger partial charge in [0, 0.05) is 6.08 Å². The van der Waals surface area contributed by atoms with E-state index in [4.69, 9.17) is 0 Å². The van der Waals surface area contributed by atoms with Gasteiger partial charge in [-0.3, -0.25) is 0 Å². The Morgan fingerprint density at radius 1 is 1.19 bits per heavy atom. The molecule has 1 aliphatic heterocycles. The minimum atomic E-state index is -0.596. The van der Waals surface area contributed by atoms with Crippen LogP contribution in [0.25, 0.3) is 6.08 Å². The topological polar surface area (TPSA) is 43.4 Å². The van der Waals surface area contributed by atoms with Gasteiger partial charge in [-0.15, -0.1) is 0 Å². The van der Waals surface area contributed by atoms with E-state index in [0.29, 0.717) is 5.57 Å². The molecule has 0 radical (unpaired) electrons. The predicted molar refractivity (Wildman–Crippen MR) is 59.3 cm³/mol. The molecule has 3 nitrogen and oxygen atoms in total. The van der Waals surface area contributed by atoms with Crippen LogP contribution in [0.5, 0.6) is 0 Å². The molecule has 0 fully saturated rings. The molecule has 0 N–H and O–H groups in total. The normalized spacial score (nSPS) is 16.1. The van der Waals surface area contributed by atoms with E-state index in [1.165, 1.54) is 6.08 Å². The van der Waals surface area contributed by atoms with Crippen molar-refractivity contribution in [2.24, 2.45) is 0 Å². The monoisotopic (exact) mass is 214 g/mol. The summed E-state index contributed by atoms with van der Waals surface area (Å²) in [7, 11) is 0. The summed E-state index contributed by atoms with van der Waals surface area (Å²) in [5.41, 5.74) is 2.03. The van der Waals surface area contributed by atoms with E-state index in [0.717, 1.165) is 11.1 Å². The Kier molecular flexibility index (Phi) is 2.68. The first-order chi connectivity index (χ1) is 7.66. The van der Waals surface area contributed by atoms with Gasteiger partial charge >= 0.3 is 11.9 Å². The minimum Gasteiger partial charge on any atom is -0.386 e. The second-order valence-corrected chi connectivity index (χ2v) is 3.50. The quantitative estimate of drug-likeness (QED) is 0.559. The molecule has 1 aromatic rings. The van der Waals surface area contributed by atoms with Crippen LogP contribution in [0.4, 0.5) is 0 Å². The number of ether oxygens (including phenoxy) is 1. The molecular weight excluding hydrogens is 204 g/mol. The van der Waals surface area contributed by atoms with Crippen LogP contribution in [-0.4, -0.2) is 11.9 Å². The minimum absolute atomic E-state index is 0.328. The van der Waals surface area contributed by atoms with Crippen molar-refractivity contribution in [1.29, 1.82) is 0 Å². The molecule has 1 aromatic carbocycles.